The maximum Gasteiger partial charge on any atom is 0.168 e. The first-order valence-electron chi connectivity index (χ1n) is 5.49. The number of aromatic nitrogens is 1. The van der Waals surface area contributed by atoms with Crippen molar-refractivity contribution in [1.29, 1.82) is 0 Å². The van der Waals surface area contributed by atoms with Gasteiger partial charge in [-0.25, -0.2) is 13.8 Å². The molecule has 2 heterocycles. The van der Waals surface area contributed by atoms with Crippen LogP contribution in [0.15, 0.2) is 6.07 Å². The van der Waals surface area contributed by atoms with Gasteiger partial charge in [-0.3, -0.25) is 0 Å². The van der Waals surface area contributed by atoms with Gasteiger partial charge in [0.1, 0.15) is 0 Å². The third kappa shape index (κ3) is 2.63. The van der Waals surface area contributed by atoms with Crippen LogP contribution in [0.3, 0.4) is 0 Å². The van der Waals surface area contributed by atoms with E-state index >= 15 is 0 Å². The molecule has 6 heteroatoms. The fourth-order valence-corrected chi connectivity index (χ4v) is 1.85. The molecule has 17 heavy (non-hydrogen) atoms. The normalized spacial score (nSPS) is 23.9. The molecule has 0 radical (unpaired) electrons. The molecular weight excluding hydrogens is 228 g/mol. The van der Waals surface area contributed by atoms with Crippen LogP contribution in [-0.2, 0) is 4.74 Å². The van der Waals surface area contributed by atoms with Crippen LogP contribution in [0.5, 0.6) is 0 Å². The summed E-state index contributed by atoms with van der Waals surface area (Å²) in [5, 5.41) is 2.81. The Morgan fingerprint density at radius 3 is 2.94 bits per heavy atom. The van der Waals surface area contributed by atoms with Gasteiger partial charge >= 0.3 is 0 Å². The lowest BCUT2D eigenvalue weighted by atomic mass is 10.0. The van der Waals surface area contributed by atoms with Crippen molar-refractivity contribution in [3.63, 3.8) is 0 Å². The molecule has 3 N–H and O–H groups in total. The Bertz CT molecular complexity index is 419. The quantitative estimate of drug-likeness (QED) is 0.851. The molecule has 1 aromatic heterocycles. The van der Waals surface area contributed by atoms with E-state index < -0.39 is 11.6 Å². The van der Waals surface area contributed by atoms with Gasteiger partial charge in [0, 0.05) is 19.2 Å². The largest absolute Gasteiger partial charge is 0.381 e. The van der Waals surface area contributed by atoms with Gasteiger partial charge in [-0.2, -0.15) is 0 Å². The lowest BCUT2D eigenvalue weighted by Gasteiger charge is -2.23. The predicted octanol–water partition coefficient (Wildman–Crippen LogP) is 1.92. The van der Waals surface area contributed by atoms with E-state index in [-0.39, 0.29) is 17.2 Å². The Morgan fingerprint density at radius 2 is 2.29 bits per heavy atom. The molecular formula is C11H15F2N3O. The smallest absolute Gasteiger partial charge is 0.168 e. The number of hydrogen-bond donors (Lipinski definition) is 2. The number of halogens is 2. The summed E-state index contributed by atoms with van der Waals surface area (Å²) in [6.07, 6.45) is 1.89. The van der Waals surface area contributed by atoms with Crippen molar-refractivity contribution in [2.24, 2.45) is 0 Å². The molecule has 0 aromatic carbocycles. The highest BCUT2D eigenvalue weighted by Crippen LogP contribution is 2.26. The number of nitrogens with zero attached hydrogens (tertiary/aromatic N) is 1. The van der Waals surface area contributed by atoms with E-state index in [1.165, 1.54) is 0 Å². The van der Waals surface area contributed by atoms with Crippen molar-refractivity contribution < 1.29 is 13.5 Å². The topological polar surface area (TPSA) is 60.2 Å². The molecule has 2 rings (SSSR count). The maximum absolute atomic E-state index is 13.4. The fraction of sp³-hybridized carbons (Fsp3) is 0.545. The average Bonchev–Trinajstić information content (AvgIpc) is 2.69. The Balaban J connectivity index is 2.06. The van der Waals surface area contributed by atoms with Gasteiger partial charge < -0.3 is 15.8 Å². The molecule has 0 amide bonds. The Hall–Kier alpha value is -1.43. The molecule has 0 bridgehead atoms. The molecule has 1 aliphatic rings. The highest BCUT2D eigenvalue weighted by atomic mass is 19.1. The summed E-state index contributed by atoms with van der Waals surface area (Å²) in [5.41, 5.74) is 4.96. The highest BCUT2D eigenvalue weighted by molar-refractivity contribution is 5.45. The zero-order chi connectivity index (χ0) is 12.5. The summed E-state index contributed by atoms with van der Waals surface area (Å²) in [6.45, 7) is 3.07. The van der Waals surface area contributed by atoms with Crippen molar-refractivity contribution in [3.8, 4) is 0 Å². The zero-order valence-electron chi connectivity index (χ0n) is 9.59. The molecule has 0 saturated carbocycles. The maximum atomic E-state index is 13.4. The second-order valence-electron chi connectivity index (χ2n) is 4.44. The first kappa shape index (κ1) is 12.0. The summed E-state index contributed by atoms with van der Waals surface area (Å²) >= 11 is 0. The minimum atomic E-state index is -0.851. The van der Waals surface area contributed by atoms with Crippen LogP contribution < -0.4 is 11.1 Å². The summed E-state index contributed by atoms with van der Waals surface area (Å²) in [4.78, 5) is 3.63. The lowest BCUT2D eigenvalue weighted by molar-refractivity contribution is 0.0314. The van der Waals surface area contributed by atoms with E-state index in [4.69, 9.17) is 10.5 Å². The van der Waals surface area contributed by atoms with Crippen LogP contribution in [0, 0.1) is 11.6 Å². The van der Waals surface area contributed by atoms with Crippen molar-refractivity contribution in [3.05, 3.63) is 17.7 Å². The minimum Gasteiger partial charge on any atom is -0.381 e. The summed E-state index contributed by atoms with van der Waals surface area (Å²) < 4.78 is 31.8. The van der Waals surface area contributed by atoms with Crippen LogP contribution in [-0.4, -0.2) is 23.7 Å². The lowest BCUT2D eigenvalue weighted by Crippen LogP contribution is -2.33. The van der Waals surface area contributed by atoms with Crippen molar-refractivity contribution >= 4 is 11.6 Å². The molecule has 0 spiro atoms. The van der Waals surface area contributed by atoms with Crippen molar-refractivity contribution in [2.45, 2.75) is 25.4 Å². The van der Waals surface area contributed by atoms with Gasteiger partial charge in [0.05, 0.1) is 5.60 Å². The monoisotopic (exact) mass is 243 g/mol. The summed E-state index contributed by atoms with van der Waals surface area (Å²) in [5.74, 6) is -1.96. The molecule has 4 nitrogen and oxygen atoms in total. The molecule has 1 fully saturated rings. The second kappa shape index (κ2) is 4.44. The van der Waals surface area contributed by atoms with Crippen LogP contribution in [0.2, 0.25) is 0 Å². The fourth-order valence-electron chi connectivity index (χ4n) is 1.85. The zero-order valence-corrected chi connectivity index (χ0v) is 9.59. The predicted molar refractivity (Wildman–Crippen MR) is 60.6 cm³/mol. The Kier molecular flexibility index (Phi) is 3.15. The average molecular weight is 243 g/mol. The van der Waals surface area contributed by atoms with Crippen molar-refractivity contribution in [1.82, 2.24) is 4.98 Å². The van der Waals surface area contributed by atoms with Gasteiger partial charge in [0.15, 0.2) is 23.3 Å². The van der Waals surface area contributed by atoms with Crippen molar-refractivity contribution in [2.75, 3.05) is 24.2 Å². The molecule has 0 aliphatic carbocycles. The first-order chi connectivity index (χ1) is 8.00. The first-order valence-corrected chi connectivity index (χ1v) is 5.49. The number of hydrogen-bond acceptors (Lipinski definition) is 4. The third-order valence-electron chi connectivity index (χ3n) is 2.89. The van der Waals surface area contributed by atoms with Crippen LogP contribution in [0.1, 0.15) is 19.8 Å². The highest BCUT2D eigenvalue weighted by Gasteiger charge is 2.29. The number of rotatable bonds is 3. The van der Waals surface area contributed by atoms with E-state index in [9.17, 15) is 8.78 Å². The number of ether oxygens (including phenoxy) is 1. The van der Waals surface area contributed by atoms with E-state index in [1.54, 1.807) is 0 Å². The Morgan fingerprint density at radius 1 is 1.53 bits per heavy atom. The van der Waals surface area contributed by atoms with Gasteiger partial charge in [-0.15, -0.1) is 0 Å². The molecule has 1 saturated heterocycles. The van der Waals surface area contributed by atoms with Gasteiger partial charge in [-0.05, 0) is 19.8 Å². The molecule has 94 valence electrons. The van der Waals surface area contributed by atoms with E-state index in [1.807, 2.05) is 6.92 Å². The molecule has 1 aliphatic heterocycles. The standard InChI is InChI=1S/C11H15F2N3O/c1-11(3-2-4-17-11)6-15-10-8(13)5-7(12)9(14)16-10/h5H,2-4,6H2,1H3,(H3,14,15,16). The van der Waals surface area contributed by atoms with Crippen LogP contribution in [0.25, 0.3) is 0 Å². The SMILES string of the molecule is CC1(CNc2nc(N)c(F)cc2F)CCCO1. The number of nitrogens with one attached hydrogen (secondary N) is 1. The Labute approximate surface area is 98.2 Å². The minimum absolute atomic E-state index is 0.0411. The number of pyridine rings is 1. The molecule has 1 aromatic rings. The van der Waals surface area contributed by atoms with Crippen LogP contribution >= 0.6 is 0 Å². The van der Waals surface area contributed by atoms with Gasteiger partial charge in [0.25, 0.3) is 0 Å². The summed E-state index contributed by atoms with van der Waals surface area (Å²) in [7, 11) is 0. The third-order valence-corrected chi connectivity index (χ3v) is 2.89. The summed E-state index contributed by atoms with van der Waals surface area (Å²) in [6, 6.07) is 0.725. The second-order valence-corrected chi connectivity index (χ2v) is 4.44. The number of anilines is 2. The molecule has 1 atom stereocenters. The van der Waals surface area contributed by atoms with Gasteiger partial charge in [-0.1, -0.05) is 0 Å². The molecule has 1 unspecified atom stereocenters. The van der Waals surface area contributed by atoms with E-state index in [0.29, 0.717) is 13.2 Å². The van der Waals surface area contributed by atoms with Crippen LogP contribution in [0.4, 0.5) is 20.4 Å². The van der Waals surface area contributed by atoms with E-state index in [2.05, 4.69) is 10.3 Å². The van der Waals surface area contributed by atoms with E-state index in [0.717, 1.165) is 18.9 Å². The number of nitrogens with two attached hydrogens (primary N) is 1. The number of nitrogen functional groups attached to an aromatic ring is 1. The van der Waals surface area contributed by atoms with Gasteiger partial charge in [0.2, 0.25) is 0 Å².